The van der Waals surface area contributed by atoms with E-state index >= 15 is 0 Å². The van der Waals surface area contributed by atoms with E-state index < -0.39 is 6.09 Å². The maximum Gasteiger partial charge on any atom is 0.404 e. The third-order valence-corrected chi connectivity index (χ3v) is 4.21. The second-order valence-corrected chi connectivity index (χ2v) is 5.94. The van der Waals surface area contributed by atoms with Gasteiger partial charge >= 0.3 is 6.09 Å². The van der Waals surface area contributed by atoms with Gasteiger partial charge in [0.1, 0.15) is 0 Å². The zero-order valence-electron chi connectivity index (χ0n) is 11.9. The summed E-state index contributed by atoms with van der Waals surface area (Å²) in [6, 6.07) is 4.24. The van der Waals surface area contributed by atoms with Gasteiger partial charge in [-0.15, -0.1) is 0 Å². The predicted octanol–water partition coefficient (Wildman–Crippen LogP) is 2.66. The van der Waals surface area contributed by atoms with Crippen molar-refractivity contribution in [1.29, 1.82) is 0 Å². The molecule has 1 aromatic rings. The summed E-state index contributed by atoms with van der Waals surface area (Å²) in [5.74, 6) is 0.998. The summed E-state index contributed by atoms with van der Waals surface area (Å²) in [6.45, 7) is 1.34. The summed E-state index contributed by atoms with van der Waals surface area (Å²) in [5.41, 5.74) is 5.31. The number of rotatable bonds is 4. The molecule has 20 heavy (non-hydrogen) atoms. The molecule has 106 valence electrons. The summed E-state index contributed by atoms with van der Waals surface area (Å²) in [7, 11) is 4.16. The van der Waals surface area contributed by atoms with Crippen molar-refractivity contribution < 1.29 is 9.90 Å². The summed E-state index contributed by atoms with van der Waals surface area (Å²) in [6.07, 6.45) is 4.77. The molecule has 4 nitrogen and oxygen atoms in total. The molecule has 0 aromatic heterocycles. The molecule has 3 rings (SSSR count). The van der Waals surface area contributed by atoms with Gasteiger partial charge in [-0.3, -0.25) is 0 Å². The van der Waals surface area contributed by atoms with E-state index in [9.17, 15) is 4.79 Å². The largest absolute Gasteiger partial charge is 0.465 e. The number of nitrogens with one attached hydrogen (secondary N) is 1. The molecular formula is C16H20N2O2. The van der Waals surface area contributed by atoms with Gasteiger partial charge in [-0.25, -0.2) is 4.79 Å². The normalized spacial score (nSPS) is 22.4. The standard InChI is InChI=1S/C16H20N2O2/c1-18(2)9-13-6-5-12(8-17-16(19)20)14-10-3-4-11(7-10)15(13)14/h3-6,10-11,17H,7-9H2,1-2H3,(H,19,20). The molecule has 2 atom stereocenters. The lowest BCUT2D eigenvalue weighted by Gasteiger charge is -2.21. The number of nitrogens with zero attached hydrogens (tertiary/aromatic N) is 1. The number of carbonyl (C=O) groups is 1. The molecule has 0 aliphatic heterocycles. The Bertz CT molecular complexity index is 578. The quantitative estimate of drug-likeness (QED) is 0.829. The minimum Gasteiger partial charge on any atom is -0.465 e. The lowest BCUT2D eigenvalue weighted by atomic mass is 9.88. The molecule has 0 spiro atoms. The van der Waals surface area contributed by atoms with Gasteiger partial charge in [0.25, 0.3) is 0 Å². The van der Waals surface area contributed by atoms with Gasteiger partial charge in [-0.1, -0.05) is 24.3 Å². The number of benzene rings is 1. The van der Waals surface area contributed by atoms with Gasteiger partial charge in [-0.05, 0) is 42.8 Å². The second kappa shape index (κ2) is 4.94. The number of carboxylic acid groups (broad SMARTS) is 1. The molecular weight excluding hydrogens is 252 g/mol. The fraction of sp³-hybridized carbons (Fsp3) is 0.438. The van der Waals surface area contributed by atoms with Crippen molar-refractivity contribution in [2.45, 2.75) is 31.3 Å². The van der Waals surface area contributed by atoms with Gasteiger partial charge in [0.05, 0.1) is 0 Å². The van der Waals surface area contributed by atoms with E-state index in [0.717, 1.165) is 18.5 Å². The number of amides is 1. The first-order valence-electron chi connectivity index (χ1n) is 7.00. The highest BCUT2D eigenvalue weighted by Gasteiger charge is 2.36. The monoisotopic (exact) mass is 272 g/mol. The van der Waals surface area contributed by atoms with Gasteiger partial charge in [-0.2, -0.15) is 0 Å². The van der Waals surface area contributed by atoms with Gasteiger partial charge in [0, 0.05) is 24.9 Å². The number of hydrogen-bond donors (Lipinski definition) is 2. The van der Waals surface area contributed by atoms with Crippen LogP contribution in [0.15, 0.2) is 24.3 Å². The van der Waals surface area contributed by atoms with Crippen molar-refractivity contribution in [2.75, 3.05) is 14.1 Å². The van der Waals surface area contributed by atoms with E-state index in [0.29, 0.717) is 18.4 Å². The zero-order valence-corrected chi connectivity index (χ0v) is 11.9. The minimum atomic E-state index is -0.963. The van der Waals surface area contributed by atoms with Crippen molar-refractivity contribution in [3.8, 4) is 0 Å². The van der Waals surface area contributed by atoms with Crippen LogP contribution in [0.2, 0.25) is 0 Å². The molecule has 1 amide bonds. The van der Waals surface area contributed by atoms with Crippen LogP contribution in [0, 0.1) is 0 Å². The van der Waals surface area contributed by atoms with Crippen LogP contribution in [0.1, 0.15) is 40.5 Å². The maximum atomic E-state index is 10.7. The third-order valence-electron chi connectivity index (χ3n) is 4.21. The molecule has 2 bridgehead atoms. The molecule has 0 fully saturated rings. The molecule has 2 N–H and O–H groups in total. The van der Waals surface area contributed by atoms with Crippen LogP contribution in [0.5, 0.6) is 0 Å². The van der Waals surface area contributed by atoms with Gasteiger partial charge in [0.2, 0.25) is 0 Å². The Balaban J connectivity index is 1.98. The molecule has 0 saturated heterocycles. The fourth-order valence-corrected chi connectivity index (χ4v) is 3.53. The van der Waals surface area contributed by atoms with Crippen molar-refractivity contribution in [3.05, 3.63) is 46.5 Å². The Morgan fingerprint density at radius 1 is 1.25 bits per heavy atom. The van der Waals surface area contributed by atoms with Crippen LogP contribution < -0.4 is 5.32 Å². The van der Waals surface area contributed by atoms with Crippen molar-refractivity contribution in [3.63, 3.8) is 0 Å². The SMILES string of the molecule is CN(C)Cc1ccc(CNC(=O)O)c2c1C1C=CC2C1. The molecule has 2 aliphatic rings. The number of fused-ring (bicyclic) bond motifs is 5. The Hall–Kier alpha value is -1.81. The molecule has 0 heterocycles. The predicted molar refractivity (Wildman–Crippen MR) is 77.9 cm³/mol. The van der Waals surface area contributed by atoms with Crippen molar-refractivity contribution in [1.82, 2.24) is 10.2 Å². The van der Waals surface area contributed by atoms with Crippen LogP contribution in [-0.2, 0) is 13.1 Å². The molecule has 4 heteroatoms. The highest BCUT2D eigenvalue weighted by Crippen LogP contribution is 2.51. The first-order valence-corrected chi connectivity index (χ1v) is 7.00. The average Bonchev–Trinajstić information content (AvgIpc) is 2.98. The molecule has 2 unspecified atom stereocenters. The molecule has 2 aliphatic carbocycles. The van der Waals surface area contributed by atoms with Crippen LogP contribution in [0.25, 0.3) is 0 Å². The van der Waals surface area contributed by atoms with Gasteiger partial charge in [0.15, 0.2) is 0 Å². The summed E-state index contributed by atoms with van der Waals surface area (Å²) < 4.78 is 0. The lowest BCUT2D eigenvalue weighted by molar-refractivity contribution is 0.194. The highest BCUT2D eigenvalue weighted by molar-refractivity contribution is 5.65. The number of hydrogen-bond acceptors (Lipinski definition) is 2. The Kier molecular flexibility index (Phi) is 3.26. The minimum absolute atomic E-state index is 0.400. The topological polar surface area (TPSA) is 52.6 Å². The summed E-state index contributed by atoms with van der Waals surface area (Å²) in [5, 5.41) is 11.3. The van der Waals surface area contributed by atoms with Crippen molar-refractivity contribution >= 4 is 6.09 Å². The first-order chi connectivity index (χ1) is 9.56. The third kappa shape index (κ3) is 2.20. The summed E-state index contributed by atoms with van der Waals surface area (Å²) >= 11 is 0. The molecule has 1 aromatic carbocycles. The van der Waals surface area contributed by atoms with Crippen LogP contribution in [0.4, 0.5) is 4.79 Å². The van der Waals surface area contributed by atoms with Crippen molar-refractivity contribution in [2.24, 2.45) is 0 Å². The Labute approximate surface area is 119 Å². The molecule has 0 saturated carbocycles. The highest BCUT2D eigenvalue weighted by atomic mass is 16.4. The van der Waals surface area contributed by atoms with Crippen LogP contribution >= 0.6 is 0 Å². The van der Waals surface area contributed by atoms with E-state index in [1.165, 1.54) is 16.7 Å². The number of allylic oxidation sites excluding steroid dienone is 2. The second-order valence-electron chi connectivity index (χ2n) is 5.94. The first kappa shape index (κ1) is 13.2. The van der Waals surface area contributed by atoms with E-state index in [2.05, 4.69) is 48.6 Å². The molecule has 0 radical (unpaired) electrons. The van der Waals surface area contributed by atoms with Crippen LogP contribution in [0.3, 0.4) is 0 Å². The van der Waals surface area contributed by atoms with E-state index in [4.69, 9.17) is 5.11 Å². The Morgan fingerprint density at radius 2 is 1.85 bits per heavy atom. The van der Waals surface area contributed by atoms with E-state index in [1.54, 1.807) is 0 Å². The lowest BCUT2D eigenvalue weighted by Crippen LogP contribution is -2.21. The van der Waals surface area contributed by atoms with Gasteiger partial charge < -0.3 is 15.3 Å². The maximum absolute atomic E-state index is 10.7. The Morgan fingerprint density at radius 3 is 2.45 bits per heavy atom. The van der Waals surface area contributed by atoms with E-state index in [1.807, 2.05) is 0 Å². The van der Waals surface area contributed by atoms with E-state index in [-0.39, 0.29) is 0 Å². The average molecular weight is 272 g/mol. The van der Waals surface area contributed by atoms with Crippen LogP contribution in [-0.4, -0.2) is 30.2 Å². The zero-order chi connectivity index (χ0) is 14.3. The summed E-state index contributed by atoms with van der Waals surface area (Å²) in [4.78, 5) is 12.9. The smallest absolute Gasteiger partial charge is 0.404 e. The fourth-order valence-electron chi connectivity index (χ4n) is 3.53.